The van der Waals surface area contributed by atoms with Crippen molar-refractivity contribution in [3.8, 4) is 0 Å². The number of aliphatic carboxylic acids is 1. The standard InChI is InChI=1S/C13H15BrClNO3/c1-8(2)16(7-17)13(3,12(18)19)10-5-4-9(14)6-11(10)15/h4-8H,1-3H3,(H,18,19). The highest BCUT2D eigenvalue weighted by Crippen LogP contribution is 2.35. The molecule has 19 heavy (non-hydrogen) atoms. The molecule has 0 aliphatic heterocycles. The van der Waals surface area contributed by atoms with Crippen LogP contribution in [0.5, 0.6) is 0 Å². The van der Waals surface area contributed by atoms with Gasteiger partial charge in [-0.1, -0.05) is 33.6 Å². The largest absolute Gasteiger partial charge is 0.479 e. The van der Waals surface area contributed by atoms with Gasteiger partial charge in [-0.2, -0.15) is 0 Å². The summed E-state index contributed by atoms with van der Waals surface area (Å²) >= 11 is 9.40. The SMILES string of the molecule is CC(C)N(C=O)C(C)(C(=O)O)c1ccc(Br)cc1Cl. The molecule has 0 heterocycles. The quantitative estimate of drug-likeness (QED) is 0.831. The monoisotopic (exact) mass is 347 g/mol. The van der Waals surface area contributed by atoms with Gasteiger partial charge in [-0.3, -0.25) is 4.79 Å². The molecule has 1 atom stereocenters. The van der Waals surface area contributed by atoms with Gasteiger partial charge in [0.25, 0.3) is 0 Å². The van der Waals surface area contributed by atoms with Crippen molar-refractivity contribution in [2.45, 2.75) is 32.4 Å². The van der Waals surface area contributed by atoms with Crippen LogP contribution in [0.15, 0.2) is 22.7 Å². The van der Waals surface area contributed by atoms with E-state index in [4.69, 9.17) is 11.6 Å². The van der Waals surface area contributed by atoms with Gasteiger partial charge in [0, 0.05) is 21.1 Å². The summed E-state index contributed by atoms with van der Waals surface area (Å²) in [5.41, 5.74) is -1.13. The predicted octanol–water partition coefficient (Wildman–Crippen LogP) is 3.27. The van der Waals surface area contributed by atoms with Crippen LogP contribution in [0, 0.1) is 0 Å². The zero-order valence-electron chi connectivity index (χ0n) is 10.9. The number of carboxylic acid groups (broad SMARTS) is 1. The number of nitrogens with zero attached hydrogens (tertiary/aromatic N) is 1. The van der Waals surface area contributed by atoms with E-state index < -0.39 is 11.5 Å². The molecular weight excluding hydrogens is 334 g/mol. The van der Waals surface area contributed by atoms with Gasteiger partial charge in [-0.05, 0) is 32.9 Å². The van der Waals surface area contributed by atoms with E-state index in [0.717, 1.165) is 4.47 Å². The molecule has 1 aromatic rings. The third-order valence-electron chi connectivity index (χ3n) is 3.06. The minimum absolute atomic E-state index is 0.265. The maximum Gasteiger partial charge on any atom is 0.334 e. The van der Waals surface area contributed by atoms with E-state index in [1.165, 1.54) is 11.8 Å². The maximum absolute atomic E-state index is 11.7. The fourth-order valence-electron chi connectivity index (χ4n) is 1.99. The van der Waals surface area contributed by atoms with Gasteiger partial charge in [0.2, 0.25) is 6.41 Å². The molecule has 0 bridgehead atoms. The fourth-order valence-corrected chi connectivity index (χ4v) is 2.85. The summed E-state index contributed by atoms with van der Waals surface area (Å²) in [5.74, 6) is -1.13. The fraction of sp³-hybridized carbons (Fsp3) is 0.385. The van der Waals surface area contributed by atoms with Crippen molar-refractivity contribution >= 4 is 39.9 Å². The number of carbonyl (C=O) groups excluding carboxylic acids is 1. The Morgan fingerprint density at radius 3 is 2.47 bits per heavy atom. The Bertz CT molecular complexity index is 507. The van der Waals surface area contributed by atoms with Crippen molar-refractivity contribution in [3.05, 3.63) is 33.3 Å². The van der Waals surface area contributed by atoms with Crippen LogP contribution in [-0.2, 0) is 15.1 Å². The number of carboxylic acids is 1. The van der Waals surface area contributed by atoms with Crippen LogP contribution in [0.1, 0.15) is 26.3 Å². The van der Waals surface area contributed by atoms with E-state index in [1.807, 2.05) is 0 Å². The molecule has 1 aromatic carbocycles. The third-order valence-corrected chi connectivity index (χ3v) is 3.86. The number of amides is 1. The predicted molar refractivity (Wildman–Crippen MR) is 77.2 cm³/mol. The van der Waals surface area contributed by atoms with Crippen LogP contribution in [0.3, 0.4) is 0 Å². The summed E-state index contributed by atoms with van der Waals surface area (Å²) in [5, 5.41) is 9.86. The minimum atomic E-state index is -1.51. The second-order valence-corrected chi connectivity index (χ2v) is 5.93. The molecule has 0 saturated heterocycles. The highest BCUT2D eigenvalue weighted by atomic mass is 79.9. The molecule has 1 N–H and O–H groups in total. The molecule has 1 unspecified atom stereocenters. The lowest BCUT2D eigenvalue weighted by Crippen LogP contribution is -2.52. The molecule has 4 nitrogen and oxygen atoms in total. The van der Waals surface area contributed by atoms with Gasteiger partial charge in [0.1, 0.15) is 0 Å². The topological polar surface area (TPSA) is 57.6 Å². The summed E-state index contributed by atoms with van der Waals surface area (Å²) in [6.07, 6.45) is 0.539. The molecule has 6 heteroatoms. The van der Waals surface area contributed by atoms with Gasteiger partial charge in [0.15, 0.2) is 5.54 Å². The smallest absolute Gasteiger partial charge is 0.334 e. The van der Waals surface area contributed by atoms with Crippen LogP contribution >= 0.6 is 27.5 Å². The first kappa shape index (κ1) is 16.0. The molecule has 0 spiro atoms. The van der Waals surface area contributed by atoms with Crippen LogP contribution in [0.2, 0.25) is 5.02 Å². The number of carbonyl (C=O) groups is 2. The van der Waals surface area contributed by atoms with Crippen molar-refractivity contribution in [2.24, 2.45) is 0 Å². The van der Waals surface area contributed by atoms with E-state index in [-0.39, 0.29) is 6.04 Å². The number of hydrogen-bond donors (Lipinski definition) is 1. The molecule has 104 valence electrons. The van der Waals surface area contributed by atoms with Crippen molar-refractivity contribution in [1.29, 1.82) is 0 Å². The Morgan fingerprint density at radius 2 is 2.11 bits per heavy atom. The number of hydrogen-bond acceptors (Lipinski definition) is 2. The Labute approximate surface area is 125 Å². The van der Waals surface area contributed by atoms with Crippen molar-refractivity contribution in [3.63, 3.8) is 0 Å². The van der Waals surface area contributed by atoms with Gasteiger partial charge in [0.05, 0.1) is 0 Å². The van der Waals surface area contributed by atoms with Gasteiger partial charge in [-0.15, -0.1) is 0 Å². The first-order valence-corrected chi connectivity index (χ1v) is 6.85. The van der Waals surface area contributed by atoms with Crippen molar-refractivity contribution in [2.75, 3.05) is 0 Å². The van der Waals surface area contributed by atoms with Crippen LogP contribution in [-0.4, -0.2) is 28.4 Å². The normalized spacial score (nSPS) is 14.0. The van der Waals surface area contributed by atoms with E-state index in [2.05, 4.69) is 15.9 Å². The summed E-state index contributed by atoms with van der Waals surface area (Å²) in [7, 11) is 0. The summed E-state index contributed by atoms with van der Waals surface area (Å²) in [6.45, 7) is 4.98. The maximum atomic E-state index is 11.7. The average molecular weight is 349 g/mol. The Morgan fingerprint density at radius 1 is 1.53 bits per heavy atom. The number of benzene rings is 1. The molecule has 0 radical (unpaired) electrons. The third kappa shape index (κ3) is 2.92. The van der Waals surface area contributed by atoms with Crippen LogP contribution < -0.4 is 0 Å². The second-order valence-electron chi connectivity index (χ2n) is 4.61. The van der Waals surface area contributed by atoms with Crippen LogP contribution in [0.25, 0.3) is 0 Å². The Hall–Kier alpha value is -1.07. The first-order valence-electron chi connectivity index (χ1n) is 5.67. The lowest BCUT2D eigenvalue weighted by molar-refractivity contribution is -0.156. The molecule has 0 saturated carbocycles. The van der Waals surface area contributed by atoms with Gasteiger partial charge < -0.3 is 10.0 Å². The van der Waals surface area contributed by atoms with Crippen molar-refractivity contribution in [1.82, 2.24) is 4.90 Å². The van der Waals surface area contributed by atoms with E-state index in [1.54, 1.807) is 32.0 Å². The van der Waals surface area contributed by atoms with Gasteiger partial charge >= 0.3 is 5.97 Å². The number of rotatable bonds is 5. The molecule has 0 aliphatic carbocycles. The summed E-state index contributed by atoms with van der Waals surface area (Å²) < 4.78 is 0.746. The van der Waals surface area contributed by atoms with Crippen LogP contribution in [0.4, 0.5) is 0 Å². The highest BCUT2D eigenvalue weighted by Gasteiger charge is 2.43. The summed E-state index contributed by atoms with van der Waals surface area (Å²) in [4.78, 5) is 24.2. The van der Waals surface area contributed by atoms with Gasteiger partial charge in [-0.25, -0.2) is 4.79 Å². The number of halogens is 2. The first-order chi connectivity index (χ1) is 8.75. The van der Waals surface area contributed by atoms with Crippen molar-refractivity contribution < 1.29 is 14.7 Å². The molecule has 0 aliphatic rings. The molecule has 0 aromatic heterocycles. The molecule has 0 fully saturated rings. The van der Waals surface area contributed by atoms with E-state index >= 15 is 0 Å². The lowest BCUT2D eigenvalue weighted by atomic mass is 9.89. The lowest BCUT2D eigenvalue weighted by Gasteiger charge is -2.38. The van der Waals surface area contributed by atoms with E-state index in [9.17, 15) is 14.7 Å². The minimum Gasteiger partial charge on any atom is -0.479 e. The highest BCUT2D eigenvalue weighted by molar-refractivity contribution is 9.10. The Kier molecular flexibility index (Phi) is 4.98. The average Bonchev–Trinajstić information content (AvgIpc) is 2.28. The zero-order chi connectivity index (χ0) is 14.8. The Balaban J connectivity index is 3.49. The molecular formula is C13H15BrClNO3. The van der Waals surface area contributed by atoms with E-state index in [0.29, 0.717) is 17.0 Å². The molecule has 1 amide bonds. The zero-order valence-corrected chi connectivity index (χ0v) is 13.2. The second kappa shape index (κ2) is 5.92. The molecule has 1 rings (SSSR count). The summed E-state index contributed by atoms with van der Waals surface area (Å²) in [6, 6.07) is 4.66.